The van der Waals surface area contributed by atoms with Crippen molar-refractivity contribution in [2.75, 3.05) is 0 Å². The van der Waals surface area contributed by atoms with Gasteiger partial charge < -0.3 is 4.74 Å². The zero-order valence-corrected chi connectivity index (χ0v) is 11.1. The first-order chi connectivity index (χ1) is 9.17. The molecule has 2 bridgehead atoms. The summed E-state index contributed by atoms with van der Waals surface area (Å²) < 4.78 is 5.77. The lowest BCUT2D eigenvalue weighted by atomic mass is 9.87. The van der Waals surface area contributed by atoms with Crippen molar-refractivity contribution < 1.29 is 9.53 Å². The molecule has 0 radical (unpaired) electrons. The molecule has 3 heteroatoms. The highest BCUT2D eigenvalue weighted by molar-refractivity contribution is 5.98. The van der Waals surface area contributed by atoms with Crippen LogP contribution in [0, 0.1) is 24.2 Å². The van der Waals surface area contributed by atoms with Gasteiger partial charge in [-0.2, -0.15) is 5.26 Å². The normalized spacial score (nSPS) is 28.9. The third-order valence-electron chi connectivity index (χ3n) is 4.30. The average Bonchev–Trinajstić information content (AvgIpc) is 2.77. The molecule has 0 aromatic heterocycles. The van der Waals surface area contributed by atoms with Crippen LogP contribution in [0.2, 0.25) is 0 Å². The molecule has 2 unspecified atom stereocenters. The van der Waals surface area contributed by atoms with Crippen LogP contribution in [0.25, 0.3) is 0 Å². The molecule has 0 spiro atoms. The number of aryl methyl sites for hydroxylation is 1. The van der Waals surface area contributed by atoms with E-state index in [0.29, 0.717) is 11.1 Å². The smallest absolute Gasteiger partial charge is 0.166 e. The number of ketones is 1. The van der Waals surface area contributed by atoms with Crippen LogP contribution in [0.3, 0.4) is 0 Å². The van der Waals surface area contributed by atoms with Crippen LogP contribution >= 0.6 is 0 Å². The standard InChI is InChI=1S/C16H17NO2/c1-10-2-3-11(6-13(10)9-17)16(18)12-7-14-4-5-15(8-12)19-14/h2-3,6,12,14-15H,4-5,7-8H2,1H3. The first kappa shape index (κ1) is 12.4. The van der Waals surface area contributed by atoms with Crippen molar-refractivity contribution in [3.63, 3.8) is 0 Å². The van der Waals surface area contributed by atoms with Crippen molar-refractivity contribution in [2.24, 2.45) is 5.92 Å². The van der Waals surface area contributed by atoms with Crippen molar-refractivity contribution in [3.8, 4) is 6.07 Å². The molecule has 2 saturated heterocycles. The summed E-state index contributed by atoms with van der Waals surface area (Å²) in [6.07, 6.45) is 4.40. The van der Waals surface area contributed by atoms with E-state index in [-0.39, 0.29) is 23.9 Å². The number of carbonyl (C=O) groups excluding carboxylic acids is 1. The number of hydrogen-bond acceptors (Lipinski definition) is 3. The molecule has 2 atom stereocenters. The van der Waals surface area contributed by atoms with Crippen LogP contribution in [0.5, 0.6) is 0 Å². The molecule has 2 fully saturated rings. The molecule has 1 aromatic carbocycles. The molecule has 3 rings (SSSR count). The third-order valence-corrected chi connectivity index (χ3v) is 4.30. The number of nitrogens with zero attached hydrogens (tertiary/aromatic N) is 1. The minimum Gasteiger partial charge on any atom is -0.375 e. The van der Waals surface area contributed by atoms with Gasteiger partial charge in [0.15, 0.2) is 5.78 Å². The molecule has 1 aromatic rings. The van der Waals surface area contributed by atoms with E-state index >= 15 is 0 Å². The maximum atomic E-state index is 12.5. The molecule has 19 heavy (non-hydrogen) atoms. The van der Waals surface area contributed by atoms with Gasteiger partial charge in [-0.15, -0.1) is 0 Å². The van der Waals surface area contributed by atoms with Gasteiger partial charge in [0.1, 0.15) is 0 Å². The van der Waals surface area contributed by atoms with E-state index in [9.17, 15) is 4.79 Å². The van der Waals surface area contributed by atoms with Gasteiger partial charge in [0.05, 0.1) is 23.8 Å². The highest BCUT2D eigenvalue weighted by Gasteiger charge is 2.38. The van der Waals surface area contributed by atoms with Gasteiger partial charge in [-0.05, 0) is 44.2 Å². The van der Waals surface area contributed by atoms with E-state index in [1.807, 2.05) is 19.1 Å². The number of hydrogen-bond donors (Lipinski definition) is 0. The van der Waals surface area contributed by atoms with Gasteiger partial charge in [-0.25, -0.2) is 0 Å². The number of carbonyl (C=O) groups is 1. The van der Waals surface area contributed by atoms with Crippen molar-refractivity contribution in [1.82, 2.24) is 0 Å². The molecular weight excluding hydrogens is 238 g/mol. The summed E-state index contributed by atoms with van der Waals surface area (Å²) in [6, 6.07) is 7.58. The zero-order chi connectivity index (χ0) is 13.4. The number of ether oxygens (including phenoxy) is 1. The number of nitriles is 1. The highest BCUT2D eigenvalue weighted by Crippen LogP contribution is 2.37. The second-order valence-electron chi connectivity index (χ2n) is 5.63. The fraction of sp³-hybridized carbons (Fsp3) is 0.500. The molecule has 2 aliphatic rings. The Morgan fingerprint density at radius 1 is 1.32 bits per heavy atom. The monoisotopic (exact) mass is 255 g/mol. The fourth-order valence-electron chi connectivity index (χ4n) is 3.20. The van der Waals surface area contributed by atoms with Crippen molar-refractivity contribution in [2.45, 2.75) is 44.8 Å². The van der Waals surface area contributed by atoms with Crippen LogP contribution in [-0.2, 0) is 4.74 Å². The molecule has 0 aliphatic carbocycles. The van der Waals surface area contributed by atoms with E-state index in [1.165, 1.54) is 0 Å². The lowest BCUT2D eigenvalue weighted by molar-refractivity contribution is -0.0149. The van der Waals surface area contributed by atoms with Gasteiger partial charge in [-0.3, -0.25) is 4.79 Å². The summed E-state index contributed by atoms with van der Waals surface area (Å²) in [6.45, 7) is 1.89. The first-order valence-electron chi connectivity index (χ1n) is 6.88. The number of rotatable bonds is 2. The second kappa shape index (κ2) is 4.79. The topological polar surface area (TPSA) is 50.1 Å². The summed E-state index contributed by atoms with van der Waals surface area (Å²) in [5.74, 6) is 0.247. The Hall–Kier alpha value is -1.66. The maximum absolute atomic E-state index is 12.5. The second-order valence-corrected chi connectivity index (χ2v) is 5.63. The van der Waals surface area contributed by atoms with Gasteiger partial charge in [-0.1, -0.05) is 12.1 Å². The summed E-state index contributed by atoms with van der Waals surface area (Å²) in [5, 5.41) is 9.05. The van der Waals surface area contributed by atoms with Gasteiger partial charge >= 0.3 is 0 Å². The van der Waals surface area contributed by atoms with Crippen LogP contribution in [0.1, 0.15) is 47.2 Å². The molecule has 2 heterocycles. The first-order valence-corrected chi connectivity index (χ1v) is 6.88. The Morgan fingerprint density at radius 3 is 2.63 bits per heavy atom. The van der Waals surface area contributed by atoms with Gasteiger partial charge in [0.25, 0.3) is 0 Å². The van der Waals surface area contributed by atoms with Crippen LogP contribution in [-0.4, -0.2) is 18.0 Å². The highest BCUT2D eigenvalue weighted by atomic mass is 16.5. The van der Waals surface area contributed by atoms with E-state index in [4.69, 9.17) is 10.00 Å². The van der Waals surface area contributed by atoms with Crippen molar-refractivity contribution >= 4 is 5.78 Å². The Balaban J connectivity index is 1.82. The summed E-state index contributed by atoms with van der Waals surface area (Å²) in [7, 11) is 0. The molecule has 98 valence electrons. The van der Waals surface area contributed by atoms with Crippen LogP contribution in [0.15, 0.2) is 18.2 Å². The predicted octanol–water partition coefficient (Wildman–Crippen LogP) is 3.01. The van der Waals surface area contributed by atoms with E-state index < -0.39 is 0 Å². The molecule has 0 amide bonds. The SMILES string of the molecule is Cc1ccc(C(=O)C2CC3CCC(C2)O3)cc1C#N. The van der Waals surface area contributed by atoms with E-state index in [1.54, 1.807) is 6.07 Å². The van der Waals surface area contributed by atoms with Crippen molar-refractivity contribution in [1.29, 1.82) is 5.26 Å². The Kier molecular flexibility index (Phi) is 3.12. The maximum Gasteiger partial charge on any atom is 0.166 e. The van der Waals surface area contributed by atoms with Crippen LogP contribution < -0.4 is 0 Å². The van der Waals surface area contributed by atoms with Crippen LogP contribution in [0.4, 0.5) is 0 Å². The van der Waals surface area contributed by atoms with Crippen molar-refractivity contribution in [3.05, 3.63) is 34.9 Å². The molecule has 0 saturated carbocycles. The lowest BCUT2D eigenvalue weighted by Gasteiger charge is -2.27. The summed E-state index contributed by atoms with van der Waals surface area (Å²) >= 11 is 0. The molecule has 2 aliphatic heterocycles. The molecule has 0 N–H and O–H groups in total. The van der Waals surface area contributed by atoms with Gasteiger partial charge in [0, 0.05) is 11.5 Å². The Bertz CT molecular complexity index is 546. The number of Topliss-reactive ketones (excluding diaryl/α,β-unsaturated/α-hetero) is 1. The quantitative estimate of drug-likeness (QED) is 0.763. The lowest BCUT2D eigenvalue weighted by Crippen LogP contribution is -2.30. The zero-order valence-electron chi connectivity index (χ0n) is 11.1. The molecule has 3 nitrogen and oxygen atoms in total. The number of fused-ring (bicyclic) bond motifs is 2. The Labute approximate surface area is 113 Å². The largest absolute Gasteiger partial charge is 0.375 e. The minimum atomic E-state index is 0.0699. The summed E-state index contributed by atoms with van der Waals surface area (Å²) in [4.78, 5) is 12.5. The van der Waals surface area contributed by atoms with Gasteiger partial charge in [0.2, 0.25) is 0 Å². The Morgan fingerprint density at radius 2 is 2.00 bits per heavy atom. The summed E-state index contributed by atoms with van der Waals surface area (Å²) in [5.41, 5.74) is 2.19. The van der Waals surface area contributed by atoms with E-state index in [0.717, 1.165) is 31.2 Å². The molecular formula is C16H17NO2. The third kappa shape index (κ3) is 2.29. The fourth-order valence-corrected chi connectivity index (χ4v) is 3.20. The minimum absolute atomic E-state index is 0.0699. The van der Waals surface area contributed by atoms with E-state index in [2.05, 4.69) is 6.07 Å². The predicted molar refractivity (Wildman–Crippen MR) is 70.8 cm³/mol. The number of benzene rings is 1. The average molecular weight is 255 g/mol.